The second-order valence-corrected chi connectivity index (χ2v) is 6.72. The zero-order valence-corrected chi connectivity index (χ0v) is 14.5. The summed E-state index contributed by atoms with van der Waals surface area (Å²) in [7, 11) is 0. The van der Waals surface area contributed by atoms with E-state index in [1.54, 1.807) is 6.20 Å². The van der Waals surface area contributed by atoms with E-state index in [1.807, 2.05) is 36.4 Å². The summed E-state index contributed by atoms with van der Waals surface area (Å²) in [6, 6.07) is 11.8. The molecule has 1 fully saturated rings. The first kappa shape index (κ1) is 16.7. The molecule has 26 heavy (non-hydrogen) atoms. The number of amides is 1. The van der Waals surface area contributed by atoms with Crippen LogP contribution in [-0.4, -0.2) is 29.4 Å². The molecule has 0 bridgehead atoms. The highest BCUT2D eigenvalue weighted by atomic mass is 16.5. The number of fused-ring (bicyclic) bond motifs is 1. The second-order valence-electron chi connectivity index (χ2n) is 6.72. The number of benzene rings is 1. The first-order valence-corrected chi connectivity index (χ1v) is 8.95. The van der Waals surface area contributed by atoms with Gasteiger partial charge >= 0.3 is 0 Å². The number of hydrogen-bond acceptors (Lipinski definition) is 5. The van der Waals surface area contributed by atoms with E-state index in [9.17, 15) is 4.79 Å². The maximum atomic E-state index is 12.7. The van der Waals surface area contributed by atoms with E-state index in [4.69, 9.17) is 10.5 Å². The fraction of sp³-hybridized carbons (Fsp3) is 0.350. The zero-order chi connectivity index (χ0) is 17.9. The van der Waals surface area contributed by atoms with Crippen LogP contribution >= 0.6 is 0 Å². The number of nitrogens with zero attached hydrogens (tertiary/aromatic N) is 2. The van der Waals surface area contributed by atoms with Crippen molar-refractivity contribution >= 4 is 11.7 Å². The van der Waals surface area contributed by atoms with Gasteiger partial charge in [-0.2, -0.15) is 0 Å². The van der Waals surface area contributed by atoms with E-state index < -0.39 is 0 Å². The van der Waals surface area contributed by atoms with E-state index in [-0.39, 0.29) is 24.5 Å². The summed E-state index contributed by atoms with van der Waals surface area (Å²) >= 11 is 0. The molecule has 1 aromatic carbocycles. The van der Waals surface area contributed by atoms with Crippen LogP contribution in [0.1, 0.15) is 41.3 Å². The van der Waals surface area contributed by atoms with Gasteiger partial charge in [0.05, 0.1) is 30.8 Å². The van der Waals surface area contributed by atoms with Gasteiger partial charge in [-0.25, -0.2) is 0 Å². The molecule has 4 rings (SSSR count). The lowest BCUT2D eigenvalue weighted by atomic mass is 9.99. The lowest BCUT2D eigenvalue weighted by Crippen LogP contribution is -2.37. The first-order chi connectivity index (χ1) is 12.7. The van der Waals surface area contributed by atoms with Gasteiger partial charge in [-0.05, 0) is 30.0 Å². The summed E-state index contributed by atoms with van der Waals surface area (Å²) < 4.78 is 5.83. The van der Waals surface area contributed by atoms with Gasteiger partial charge < -0.3 is 15.8 Å². The Morgan fingerprint density at radius 3 is 2.96 bits per heavy atom. The minimum Gasteiger partial charge on any atom is -0.383 e. The Kier molecular flexibility index (Phi) is 4.67. The van der Waals surface area contributed by atoms with Crippen LogP contribution in [0.25, 0.3) is 0 Å². The molecule has 3 N–H and O–H groups in total. The topological polar surface area (TPSA) is 89.6 Å². The van der Waals surface area contributed by atoms with Crippen LogP contribution in [0.5, 0.6) is 0 Å². The Bertz CT molecular complexity index is 829. The Morgan fingerprint density at radius 1 is 1.35 bits per heavy atom. The van der Waals surface area contributed by atoms with Crippen molar-refractivity contribution in [2.24, 2.45) is 10.7 Å². The third-order valence-corrected chi connectivity index (χ3v) is 4.90. The minimum atomic E-state index is -0.139. The molecule has 2 aliphatic heterocycles. The molecule has 134 valence electrons. The van der Waals surface area contributed by atoms with Crippen LogP contribution in [0, 0.1) is 0 Å². The molecule has 0 aliphatic carbocycles. The molecule has 2 aromatic rings. The molecular formula is C20H22N4O2. The van der Waals surface area contributed by atoms with Gasteiger partial charge in [0.1, 0.15) is 5.84 Å². The summed E-state index contributed by atoms with van der Waals surface area (Å²) in [5.74, 6) is 0.458. The second kappa shape index (κ2) is 7.25. The number of rotatable bonds is 5. The quantitative estimate of drug-likeness (QED) is 0.861. The SMILES string of the molecule is NC1=NCc2cc(CC(=O)N[C@H](c3ccccc3)[C@@H]3CCCO3)ncc21. The van der Waals surface area contributed by atoms with E-state index in [2.05, 4.69) is 15.3 Å². The molecule has 0 unspecified atom stereocenters. The summed E-state index contributed by atoms with van der Waals surface area (Å²) in [5, 5.41) is 3.14. The molecule has 1 aromatic heterocycles. The molecule has 3 heterocycles. The molecule has 0 saturated carbocycles. The molecule has 1 amide bonds. The Labute approximate surface area is 152 Å². The molecule has 0 radical (unpaired) electrons. The van der Waals surface area contributed by atoms with Crippen LogP contribution in [0.15, 0.2) is 47.6 Å². The van der Waals surface area contributed by atoms with Crippen molar-refractivity contribution < 1.29 is 9.53 Å². The number of pyridine rings is 1. The molecule has 2 atom stereocenters. The Hall–Kier alpha value is -2.73. The van der Waals surface area contributed by atoms with Crippen molar-refractivity contribution in [3.8, 4) is 0 Å². The molecule has 6 nitrogen and oxygen atoms in total. The van der Waals surface area contributed by atoms with Gasteiger partial charge in [0.15, 0.2) is 0 Å². The van der Waals surface area contributed by atoms with Gasteiger partial charge in [0.2, 0.25) is 5.91 Å². The highest BCUT2D eigenvalue weighted by Gasteiger charge is 2.28. The zero-order valence-electron chi connectivity index (χ0n) is 14.5. The molecule has 0 spiro atoms. The van der Waals surface area contributed by atoms with Crippen molar-refractivity contribution in [2.45, 2.75) is 38.0 Å². The predicted molar refractivity (Wildman–Crippen MR) is 98.7 cm³/mol. The van der Waals surface area contributed by atoms with Crippen molar-refractivity contribution in [3.63, 3.8) is 0 Å². The lowest BCUT2D eigenvalue weighted by molar-refractivity contribution is -0.122. The Morgan fingerprint density at radius 2 is 2.19 bits per heavy atom. The molecule has 1 saturated heterocycles. The predicted octanol–water partition coefficient (Wildman–Crippen LogP) is 1.88. The van der Waals surface area contributed by atoms with Gasteiger partial charge in [0.25, 0.3) is 0 Å². The van der Waals surface area contributed by atoms with E-state index >= 15 is 0 Å². The van der Waals surface area contributed by atoms with Crippen molar-refractivity contribution in [3.05, 3.63) is 65.0 Å². The average Bonchev–Trinajstić information content (AvgIpc) is 3.31. The maximum Gasteiger partial charge on any atom is 0.226 e. The van der Waals surface area contributed by atoms with Gasteiger partial charge in [0, 0.05) is 18.4 Å². The van der Waals surface area contributed by atoms with Crippen LogP contribution in [-0.2, 0) is 22.5 Å². The van der Waals surface area contributed by atoms with Gasteiger partial charge in [-0.3, -0.25) is 14.8 Å². The molecular weight excluding hydrogens is 328 g/mol. The van der Waals surface area contributed by atoms with E-state index in [0.29, 0.717) is 12.4 Å². The van der Waals surface area contributed by atoms with Crippen molar-refractivity contribution in [1.82, 2.24) is 10.3 Å². The fourth-order valence-corrected chi connectivity index (χ4v) is 3.57. The summed E-state index contributed by atoms with van der Waals surface area (Å²) in [4.78, 5) is 21.2. The largest absolute Gasteiger partial charge is 0.383 e. The summed E-state index contributed by atoms with van der Waals surface area (Å²) in [5.41, 5.74) is 9.51. The number of carbonyl (C=O) groups excluding carboxylic acids is 1. The van der Waals surface area contributed by atoms with Crippen LogP contribution in [0.2, 0.25) is 0 Å². The third-order valence-electron chi connectivity index (χ3n) is 4.90. The number of aromatic nitrogens is 1. The Balaban J connectivity index is 1.47. The van der Waals surface area contributed by atoms with Crippen LogP contribution < -0.4 is 11.1 Å². The lowest BCUT2D eigenvalue weighted by Gasteiger charge is -2.24. The van der Waals surface area contributed by atoms with Gasteiger partial charge in [-0.1, -0.05) is 30.3 Å². The first-order valence-electron chi connectivity index (χ1n) is 8.95. The number of nitrogens with one attached hydrogen (secondary N) is 1. The highest BCUT2D eigenvalue weighted by Crippen LogP contribution is 2.27. The van der Waals surface area contributed by atoms with E-state index in [1.165, 1.54) is 0 Å². The average molecular weight is 350 g/mol. The number of hydrogen-bond donors (Lipinski definition) is 2. The fourth-order valence-electron chi connectivity index (χ4n) is 3.57. The number of aliphatic imine (C=N–C) groups is 1. The molecule has 6 heteroatoms. The standard InChI is InChI=1S/C20H22N4O2/c21-20-16-12-22-15(9-14(16)11-23-20)10-18(25)24-19(17-7-4-8-26-17)13-5-2-1-3-6-13/h1-3,5-6,9,12,17,19H,4,7-8,10-11H2,(H2,21,23)(H,24,25)/t17-,19+/m0/s1. The van der Waals surface area contributed by atoms with Crippen molar-refractivity contribution in [2.75, 3.05) is 6.61 Å². The number of ether oxygens (including phenoxy) is 1. The van der Waals surface area contributed by atoms with Crippen LogP contribution in [0.4, 0.5) is 0 Å². The monoisotopic (exact) mass is 350 g/mol. The summed E-state index contributed by atoms with van der Waals surface area (Å²) in [6.07, 6.45) is 3.93. The van der Waals surface area contributed by atoms with Crippen molar-refractivity contribution in [1.29, 1.82) is 0 Å². The third kappa shape index (κ3) is 3.46. The normalized spacial score (nSPS) is 19.7. The summed E-state index contributed by atoms with van der Waals surface area (Å²) in [6.45, 7) is 1.30. The smallest absolute Gasteiger partial charge is 0.226 e. The number of amidine groups is 1. The number of nitrogens with two attached hydrogens (primary N) is 1. The molecule has 2 aliphatic rings. The van der Waals surface area contributed by atoms with E-state index in [0.717, 1.165) is 41.8 Å². The van der Waals surface area contributed by atoms with Gasteiger partial charge in [-0.15, -0.1) is 0 Å². The number of carbonyl (C=O) groups is 1. The minimum absolute atomic E-state index is 0.0162. The maximum absolute atomic E-state index is 12.7. The van der Waals surface area contributed by atoms with Crippen LogP contribution in [0.3, 0.4) is 0 Å². The highest BCUT2D eigenvalue weighted by molar-refractivity contribution is 6.00.